The Kier molecular flexibility index (Phi) is 4.03. The number of benzene rings is 2. The van der Waals surface area contributed by atoms with Crippen LogP contribution in [0.3, 0.4) is 0 Å². The molecule has 2 heterocycles. The van der Waals surface area contributed by atoms with Gasteiger partial charge in [0.05, 0.1) is 10.3 Å². The molecule has 1 spiro atoms. The molecule has 0 saturated heterocycles. The van der Waals surface area contributed by atoms with Gasteiger partial charge in [-0.15, -0.1) is 0 Å². The van der Waals surface area contributed by atoms with Crippen molar-refractivity contribution in [3.63, 3.8) is 0 Å². The summed E-state index contributed by atoms with van der Waals surface area (Å²) < 4.78 is 6.56. The summed E-state index contributed by atoms with van der Waals surface area (Å²) in [6, 6.07) is 12.8. The Labute approximate surface area is 163 Å². The lowest BCUT2D eigenvalue weighted by Crippen LogP contribution is -2.59. The number of hydrogen-bond donors (Lipinski definition) is 0. The standard InChI is InChI=1S/C22H22N2O4/c1-15(25)11-13-23-19-7-5-4-6-18(19)21(2,3)22(23)12-10-16-14-17(24(26)27)8-9-20(16)28-22/h4-10,12,14H,11,13H2,1-3H3. The van der Waals surface area contributed by atoms with Crippen LogP contribution in [-0.2, 0) is 10.2 Å². The Morgan fingerprint density at radius 2 is 1.96 bits per heavy atom. The number of nitro benzene ring substituents is 1. The summed E-state index contributed by atoms with van der Waals surface area (Å²) in [5, 5.41) is 11.1. The van der Waals surface area contributed by atoms with E-state index in [9.17, 15) is 14.9 Å². The predicted molar refractivity (Wildman–Crippen MR) is 108 cm³/mol. The van der Waals surface area contributed by atoms with Gasteiger partial charge in [0.15, 0.2) is 0 Å². The molecule has 2 aliphatic heterocycles. The average molecular weight is 378 g/mol. The Morgan fingerprint density at radius 1 is 1.21 bits per heavy atom. The van der Waals surface area contributed by atoms with Crippen molar-refractivity contribution >= 4 is 23.2 Å². The van der Waals surface area contributed by atoms with Crippen LogP contribution in [0.1, 0.15) is 38.3 Å². The maximum atomic E-state index is 11.7. The van der Waals surface area contributed by atoms with Crippen molar-refractivity contribution in [2.24, 2.45) is 0 Å². The van der Waals surface area contributed by atoms with Gasteiger partial charge in [-0.05, 0) is 50.6 Å². The van der Waals surface area contributed by atoms with Crippen LogP contribution in [0.25, 0.3) is 6.08 Å². The van der Waals surface area contributed by atoms with Crippen LogP contribution in [0.2, 0.25) is 0 Å². The van der Waals surface area contributed by atoms with Gasteiger partial charge in [-0.1, -0.05) is 18.2 Å². The van der Waals surface area contributed by atoms with E-state index in [1.165, 1.54) is 12.1 Å². The molecule has 28 heavy (non-hydrogen) atoms. The van der Waals surface area contributed by atoms with Crippen molar-refractivity contribution in [2.75, 3.05) is 11.4 Å². The number of Topliss-reactive ketones (excluding diaryl/α,β-unsaturated/α-hetero) is 1. The van der Waals surface area contributed by atoms with E-state index in [-0.39, 0.29) is 11.5 Å². The molecule has 0 fully saturated rings. The molecule has 144 valence electrons. The highest BCUT2D eigenvalue weighted by atomic mass is 16.6. The highest BCUT2D eigenvalue weighted by Gasteiger charge is 2.58. The number of ether oxygens (including phenoxy) is 1. The largest absolute Gasteiger partial charge is 0.463 e. The van der Waals surface area contributed by atoms with Gasteiger partial charge in [-0.3, -0.25) is 14.9 Å². The molecule has 2 aliphatic rings. The lowest BCUT2D eigenvalue weighted by atomic mass is 9.76. The van der Waals surface area contributed by atoms with Crippen LogP contribution in [-0.4, -0.2) is 23.0 Å². The first-order valence-corrected chi connectivity index (χ1v) is 9.29. The van der Waals surface area contributed by atoms with E-state index in [0.29, 0.717) is 24.3 Å². The number of ketones is 1. The third kappa shape index (κ3) is 2.52. The fourth-order valence-electron chi connectivity index (χ4n) is 4.26. The second kappa shape index (κ2) is 6.19. The molecule has 1 atom stereocenters. The molecule has 6 heteroatoms. The van der Waals surface area contributed by atoms with E-state index in [1.54, 1.807) is 13.0 Å². The number of carbonyl (C=O) groups is 1. The Hall–Kier alpha value is -3.15. The first kappa shape index (κ1) is 18.2. The number of nitro groups is 1. The van der Waals surface area contributed by atoms with Crippen LogP contribution >= 0.6 is 0 Å². The molecular formula is C22H22N2O4. The maximum Gasteiger partial charge on any atom is 0.270 e. The first-order valence-electron chi connectivity index (χ1n) is 9.29. The number of para-hydroxylation sites is 1. The zero-order valence-electron chi connectivity index (χ0n) is 16.1. The van der Waals surface area contributed by atoms with Crippen LogP contribution in [0.4, 0.5) is 11.4 Å². The number of nitrogens with zero attached hydrogens (tertiary/aromatic N) is 2. The smallest absolute Gasteiger partial charge is 0.270 e. The highest BCUT2D eigenvalue weighted by Crippen LogP contribution is 2.55. The third-order valence-corrected chi connectivity index (χ3v) is 5.81. The fraction of sp³-hybridized carbons (Fsp3) is 0.318. The van der Waals surface area contributed by atoms with Gasteiger partial charge in [0.1, 0.15) is 11.5 Å². The van der Waals surface area contributed by atoms with Gasteiger partial charge in [0.25, 0.3) is 5.69 Å². The van der Waals surface area contributed by atoms with E-state index in [4.69, 9.17) is 4.74 Å². The van der Waals surface area contributed by atoms with Crippen molar-refractivity contribution in [1.82, 2.24) is 0 Å². The molecule has 2 aromatic carbocycles. The van der Waals surface area contributed by atoms with Gasteiger partial charge in [-0.2, -0.15) is 0 Å². The van der Waals surface area contributed by atoms with Crippen molar-refractivity contribution in [1.29, 1.82) is 0 Å². The number of carbonyl (C=O) groups excluding carboxylic acids is 1. The molecule has 1 unspecified atom stereocenters. The van der Waals surface area contributed by atoms with Gasteiger partial charge >= 0.3 is 0 Å². The van der Waals surface area contributed by atoms with Gasteiger partial charge in [-0.25, -0.2) is 0 Å². The Bertz CT molecular complexity index is 1010. The van der Waals surface area contributed by atoms with Crippen LogP contribution in [0.5, 0.6) is 5.75 Å². The monoisotopic (exact) mass is 378 g/mol. The zero-order chi connectivity index (χ0) is 20.1. The summed E-state index contributed by atoms with van der Waals surface area (Å²) in [6.45, 7) is 6.37. The number of fused-ring (bicyclic) bond motifs is 2. The summed E-state index contributed by atoms with van der Waals surface area (Å²) in [5.41, 5.74) is 1.70. The topological polar surface area (TPSA) is 72.7 Å². The molecule has 0 aliphatic carbocycles. The quantitative estimate of drug-likeness (QED) is 0.580. The third-order valence-electron chi connectivity index (χ3n) is 5.81. The molecular weight excluding hydrogens is 356 g/mol. The Morgan fingerprint density at radius 3 is 2.68 bits per heavy atom. The maximum absolute atomic E-state index is 11.7. The van der Waals surface area contributed by atoms with Crippen molar-refractivity contribution < 1.29 is 14.5 Å². The zero-order valence-corrected chi connectivity index (χ0v) is 16.1. The normalized spacial score (nSPS) is 21.2. The number of non-ortho nitro benzene ring substituents is 1. The minimum Gasteiger partial charge on any atom is -0.463 e. The average Bonchev–Trinajstić information content (AvgIpc) is 2.84. The minimum atomic E-state index is -0.810. The molecule has 0 bridgehead atoms. The lowest BCUT2D eigenvalue weighted by molar-refractivity contribution is -0.384. The molecule has 0 amide bonds. The van der Waals surface area contributed by atoms with E-state index in [2.05, 4.69) is 30.9 Å². The molecule has 6 nitrogen and oxygen atoms in total. The van der Waals surface area contributed by atoms with Crippen LogP contribution in [0, 0.1) is 10.1 Å². The van der Waals surface area contributed by atoms with Crippen molar-refractivity contribution in [2.45, 2.75) is 38.3 Å². The van der Waals surface area contributed by atoms with Gasteiger partial charge in [0, 0.05) is 36.3 Å². The minimum absolute atomic E-state index is 0.0327. The SMILES string of the molecule is CC(=O)CCN1c2ccccc2C(C)(C)C12C=Cc1cc([N+](=O)[O-])ccc1O2. The summed E-state index contributed by atoms with van der Waals surface area (Å²) >= 11 is 0. The van der Waals surface area contributed by atoms with Crippen molar-refractivity contribution in [3.8, 4) is 5.75 Å². The van der Waals surface area contributed by atoms with E-state index in [1.807, 2.05) is 24.3 Å². The van der Waals surface area contributed by atoms with Crippen LogP contribution in [0.15, 0.2) is 48.5 Å². The molecule has 0 aromatic heterocycles. The number of hydrogen-bond acceptors (Lipinski definition) is 5. The summed E-state index contributed by atoms with van der Waals surface area (Å²) in [5.74, 6) is 0.718. The molecule has 0 radical (unpaired) electrons. The van der Waals surface area contributed by atoms with Gasteiger partial charge in [0.2, 0.25) is 5.72 Å². The molecule has 2 aromatic rings. The lowest BCUT2D eigenvalue weighted by Gasteiger charge is -2.47. The first-order chi connectivity index (χ1) is 13.3. The van der Waals surface area contributed by atoms with Gasteiger partial charge < -0.3 is 9.64 Å². The molecule has 4 rings (SSSR count). The van der Waals surface area contributed by atoms with Crippen LogP contribution < -0.4 is 9.64 Å². The summed E-state index contributed by atoms with van der Waals surface area (Å²) in [4.78, 5) is 24.5. The van der Waals surface area contributed by atoms with E-state index >= 15 is 0 Å². The van der Waals surface area contributed by atoms with E-state index < -0.39 is 16.1 Å². The molecule has 0 saturated carbocycles. The van der Waals surface area contributed by atoms with E-state index in [0.717, 1.165) is 11.3 Å². The number of anilines is 1. The number of rotatable bonds is 4. The highest BCUT2D eigenvalue weighted by molar-refractivity contribution is 5.78. The predicted octanol–water partition coefficient (Wildman–Crippen LogP) is 4.47. The fourth-order valence-corrected chi connectivity index (χ4v) is 4.26. The Balaban J connectivity index is 1.83. The molecule has 0 N–H and O–H groups in total. The second-order valence-corrected chi connectivity index (χ2v) is 7.86. The van der Waals surface area contributed by atoms with Crippen molar-refractivity contribution in [3.05, 3.63) is 69.8 Å². The summed E-state index contributed by atoms with van der Waals surface area (Å²) in [6.07, 6.45) is 4.27. The second-order valence-electron chi connectivity index (χ2n) is 7.86. The summed E-state index contributed by atoms with van der Waals surface area (Å²) in [7, 11) is 0.